The van der Waals surface area contributed by atoms with Crippen LogP contribution >= 0.6 is 0 Å². The summed E-state index contributed by atoms with van der Waals surface area (Å²) in [6.45, 7) is 6.79. The minimum absolute atomic E-state index is 0.104. The van der Waals surface area contributed by atoms with Crippen molar-refractivity contribution in [3.8, 4) is 0 Å². The zero-order valence-electron chi connectivity index (χ0n) is 10.5. The number of benzene rings is 1. The molecule has 1 rings (SSSR count). The summed E-state index contributed by atoms with van der Waals surface area (Å²) in [5, 5.41) is 9.67. The van der Waals surface area contributed by atoms with Gasteiger partial charge in [0.25, 0.3) is 0 Å². The molecule has 17 heavy (non-hydrogen) atoms. The van der Waals surface area contributed by atoms with Gasteiger partial charge in [-0.2, -0.15) is 0 Å². The van der Waals surface area contributed by atoms with E-state index in [4.69, 9.17) is 0 Å². The Balaban J connectivity index is 2.81. The molecule has 0 saturated carbocycles. The topological polar surface area (TPSA) is 37.3 Å². The van der Waals surface area contributed by atoms with Gasteiger partial charge in [-0.15, -0.1) is 6.58 Å². The van der Waals surface area contributed by atoms with Crippen molar-refractivity contribution in [2.45, 2.75) is 38.2 Å². The summed E-state index contributed by atoms with van der Waals surface area (Å²) in [7, 11) is 0. The standard InChI is InChI=1S/C15H20O2/c1-4-8-13(11-14(16)15(2,3)17)12-9-6-5-7-10-12/h4-7,9-10,13,17H,1,8,11H2,2-3H3/t13-/m0/s1. The first kappa shape index (κ1) is 13.7. The molecule has 0 bridgehead atoms. The average molecular weight is 232 g/mol. The quantitative estimate of drug-likeness (QED) is 0.765. The molecule has 0 fully saturated rings. The van der Waals surface area contributed by atoms with E-state index in [1.165, 1.54) is 13.8 Å². The number of carbonyl (C=O) groups is 1. The number of hydrogen-bond acceptors (Lipinski definition) is 2. The lowest BCUT2D eigenvalue weighted by atomic mass is 9.87. The molecule has 0 saturated heterocycles. The number of aliphatic hydroxyl groups is 1. The minimum Gasteiger partial charge on any atom is -0.383 e. The summed E-state index contributed by atoms with van der Waals surface area (Å²) in [6.07, 6.45) is 2.90. The Hall–Kier alpha value is -1.41. The monoisotopic (exact) mass is 232 g/mol. The van der Waals surface area contributed by atoms with Crippen LogP contribution in [0.4, 0.5) is 0 Å². The Morgan fingerprint density at radius 1 is 1.41 bits per heavy atom. The highest BCUT2D eigenvalue weighted by atomic mass is 16.3. The van der Waals surface area contributed by atoms with Crippen molar-refractivity contribution in [1.29, 1.82) is 0 Å². The average Bonchev–Trinajstić information content (AvgIpc) is 2.28. The van der Waals surface area contributed by atoms with Crippen molar-refractivity contribution in [1.82, 2.24) is 0 Å². The SMILES string of the molecule is C=CC[C@@H](CC(=O)C(C)(C)O)c1ccccc1. The van der Waals surface area contributed by atoms with Gasteiger partial charge in [-0.05, 0) is 31.7 Å². The van der Waals surface area contributed by atoms with Crippen LogP contribution in [0.3, 0.4) is 0 Å². The third kappa shape index (κ3) is 4.16. The minimum atomic E-state index is -1.26. The number of rotatable bonds is 6. The number of carbonyl (C=O) groups excluding carboxylic acids is 1. The highest BCUT2D eigenvalue weighted by molar-refractivity contribution is 5.86. The maximum Gasteiger partial charge on any atom is 0.164 e. The van der Waals surface area contributed by atoms with Crippen LogP contribution in [0, 0.1) is 0 Å². The molecular weight excluding hydrogens is 212 g/mol. The van der Waals surface area contributed by atoms with Gasteiger partial charge < -0.3 is 5.11 Å². The Kier molecular flexibility index (Phi) is 4.64. The molecule has 0 aliphatic carbocycles. The van der Waals surface area contributed by atoms with E-state index in [9.17, 15) is 9.90 Å². The van der Waals surface area contributed by atoms with Crippen LogP contribution in [0.2, 0.25) is 0 Å². The fraction of sp³-hybridized carbons (Fsp3) is 0.400. The third-order valence-electron chi connectivity index (χ3n) is 2.84. The number of Topliss-reactive ketones (excluding diaryl/α,β-unsaturated/α-hetero) is 1. The van der Waals surface area contributed by atoms with Gasteiger partial charge in [0.15, 0.2) is 5.78 Å². The van der Waals surface area contributed by atoms with Crippen molar-refractivity contribution < 1.29 is 9.90 Å². The second-order valence-corrected chi connectivity index (χ2v) is 4.82. The second-order valence-electron chi connectivity index (χ2n) is 4.82. The van der Waals surface area contributed by atoms with E-state index in [-0.39, 0.29) is 11.7 Å². The van der Waals surface area contributed by atoms with Gasteiger partial charge in [0.05, 0.1) is 0 Å². The number of ketones is 1. The molecule has 0 spiro atoms. The fourth-order valence-electron chi connectivity index (χ4n) is 1.74. The second kappa shape index (κ2) is 5.78. The zero-order valence-corrected chi connectivity index (χ0v) is 10.5. The van der Waals surface area contributed by atoms with Crippen molar-refractivity contribution >= 4 is 5.78 Å². The van der Waals surface area contributed by atoms with E-state index >= 15 is 0 Å². The smallest absolute Gasteiger partial charge is 0.164 e. The van der Waals surface area contributed by atoms with Crippen LogP contribution < -0.4 is 0 Å². The van der Waals surface area contributed by atoms with Crippen molar-refractivity contribution in [3.63, 3.8) is 0 Å². The molecule has 1 atom stereocenters. The summed E-state index contributed by atoms with van der Waals surface area (Å²) >= 11 is 0. The van der Waals surface area contributed by atoms with Crippen molar-refractivity contribution in [2.24, 2.45) is 0 Å². The van der Waals surface area contributed by atoms with Gasteiger partial charge in [0.2, 0.25) is 0 Å². The fourth-order valence-corrected chi connectivity index (χ4v) is 1.74. The summed E-state index contributed by atoms with van der Waals surface area (Å²) in [5.41, 5.74) is -0.140. The van der Waals surface area contributed by atoms with Gasteiger partial charge in [-0.1, -0.05) is 36.4 Å². The van der Waals surface area contributed by atoms with Crippen molar-refractivity contribution in [3.05, 3.63) is 48.6 Å². The molecule has 0 aliphatic heterocycles. The summed E-state index contributed by atoms with van der Waals surface area (Å²) in [6, 6.07) is 9.88. The molecule has 0 aromatic heterocycles. The summed E-state index contributed by atoms with van der Waals surface area (Å²) in [4.78, 5) is 11.8. The summed E-state index contributed by atoms with van der Waals surface area (Å²) < 4.78 is 0. The molecule has 0 unspecified atom stereocenters. The first-order valence-electron chi connectivity index (χ1n) is 5.86. The van der Waals surface area contributed by atoms with E-state index in [0.717, 1.165) is 12.0 Å². The van der Waals surface area contributed by atoms with Crippen LogP contribution in [0.1, 0.15) is 38.2 Å². The highest BCUT2D eigenvalue weighted by Crippen LogP contribution is 2.26. The lowest BCUT2D eigenvalue weighted by Crippen LogP contribution is -2.32. The van der Waals surface area contributed by atoms with Crippen LogP contribution in [0.25, 0.3) is 0 Å². The number of allylic oxidation sites excluding steroid dienone is 1. The molecule has 0 heterocycles. The van der Waals surface area contributed by atoms with Gasteiger partial charge in [-0.25, -0.2) is 0 Å². The van der Waals surface area contributed by atoms with Crippen LogP contribution in [-0.4, -0.2) is 16.5 Å². The van der Waals surface area contributed by atoms with Crippen LogP contribution in [0.15, 0.2) is 43.0 Å². The third-order valence-corrected chi connectivity index (χ3v) is 2.84. The normalized spacial score (nSPS) is 13.1. The Morgan fingerprint density at radius 2 is 2.00 bits per heavy atom. The molecule has 2 heteroatoms. The van der Waals surface area contributed by atoms with Gasteiger partial charge >= 0.3 is 0 Å². The Morgan fingerprint density at radius 3 is 2.47 bits per heavy atom. The van der Waals surface area contributed by atoms with Gasteiger partial charge in [0.1, 0.15) is 5.60 Å². The molecule has 2 nitrogen and oxygen atoms in total. The molecule has 1 aromatic carbocycles. The highest BCUT2D eigenvalue weighted by Gasteiger charge is 2.26. The first-order chi connectivity index (χ1) is 7.95. The predicted octanol–water partition coefficient (Wildman–Crippen LogP) is 3.08. The van der Waals surface area contributed by atoms with E-state index in [1.807, 2.05) is 36.4 Å². The van der Waals surface area contributed by atoms with E-state index in [0.29, 0.717) is 6.42 Å². The Bertz CT molecular complexity index is 374. The predicted molar refractivity (Wildman–Crippen MR) is 69.9 cm³/mol. The maximum atomic E-state index is 11.8. The van der Waals surface area contributed by atoms with Crippen LogP contribution in [0.5, 0.6) is 0 Å². The Labute approximate surface area is 103 Å². The molecule has 0 amide bonds. The molecule has 0 radical (unpaired) electrons. The van der Waals surface area contributed by atoms with E-state index in [1.54, 1.807) is 0 Å². The van der Waals surface area contributed by atoms with Crippen molar-refractivity contribution in [2.75, 3.05) is 0 Å². The van der Waals surface area contributed by atoms with E-state index in [2.05, 4.69) is 6.58 Å². The lowest BCUT2D eigenvalue weighted by Gasteiger charge is -2.20. The maximum absolute atomic E-state index is 11.8. The molecule has 1 aromatic rings. The lowest BCUT2D eigenvalue weighted by molar-refractivity contribution is -0.134. The number of hydrogen-bond donors (Lipinski definition) is 1. The molecule has 1 N–H and O–H groups in total. The largest absolute Gasteiger partial charge is 0.383 e. The van der Waals surface area contributed by atoms with Gasteiger partial charge in [-0.3, -0.25) is 4.79 Å². The van der Waals surface area contributed by atoms with Crippen LogP contribution in [-0.2, 0) is 4.79 Å². The van der Waals surface area contributed by atoms with Gasteiger partial charge in [0, 0.05) is 6.42 Å². The zero-order chi connectivity index (χ0) is 12.9. The molecule has 0 aliphatic rings. The summed E-state index contributed by atoms with van der Waals surface area (Å²) in [5.74, 6) is -0.0270. The first-order valence-corrected chi connectivity index (χ1v) is 5.86. The molecule has 92 valence electrons. The molecular formula is C15H20O2. The van der Waals surface area contributed by atoms with E-state index < -0.39 is 5.60 Å².